The van der Waals surface area contributed by atoms with Gasteiger partial charge in [-0.1, -0.05) is 0 Å². The van der Waals surface area contributed by atoms with Crippen molar-refractivity contribution in [2.45, 2.75) is 0 Å². The average molecular weight is 259 g/mol. The van der Waals surface area contributed by atoms with Crippen LogP contribution in [0.4, 0.5) is 5.69 Å². The number of nitrogens with two attached hydrogens (primary N) is 1. The van der Waals surface area contributed by atoms with Gasteiger partial charge in [-0.2, -0.15) is 0 Å². The van der Waals surface area contributed by atoms with E-state index in [1.807, 2.05) is 18.3 Å². The number of aromatic amines is 1. The van der Waals surface area contributed by atoms with Gasteiger partial charge in [0.15, 0.2) is 0 Å². The number of pyridine rings is 1. The highest BCUT2D eigenvalue weighted by Crippen LogP contribution is 2.36. The largest absolute Gasteiger partial charge is 0.477 e. The SMILES string of the molecule is Nc1cc(-c2c[nH]c3ncccc23)sc1C(=O)O. The molecule has 5 nitrogen and oxygen atoms in total. The number of H-pyrrole nitrogens is 1. The number of fused-ring (bicyclic) bond motifs is 1. The molecule has 0 saturated heterocycles. The van der Waals surface area contributed by atoms with Crippen molar-refractivity contribution in [3.05, 3.63) is 35.5 Å². The molecule has 3 heterocycles. The van der Waals surface area contributed by atoms with Crippen LogP contribution >= 0.6 is 11.3 Å². The number of aromatic nitrogens is 2. The van der Waals surface area contributed by atoms with Gasteiger partial charge in [0, 0.05) is 28.2 Å². The third-order valence-electron chi connectivity index (χ3n) is 2.67. The molecule has 4 N–H and O–H groups in total. The number of anilines is 1. The van der Waals surface area contributed by atoms with Crippen molar-refractivity contribution >= 4 is 34.0 Å². The van der Waals surface area contributed by atoms with Gasteiger partial charge in [-0.3, -0.25) is 0 Å². The highest BCUT2D eigenvalue weighted by molar-refractivity contribution is 7.18. The summed E-state index contributed by atoms with van der Waals surface area (Å²) in [4.78, 5) is 19.2. The van der Waals surface area contributed by atoms with E-state index < -0.39 is 5.97 Å². The molecule has 0 aromatic carbocycles. The van der Waals surface area contributed by atoms with Gasteiger partial charge in [-0.05, 0) is 18.2 Å². The highest BCUT2D eigenvalue weighted by Gasteiger charge is 2.16. The van der Waals surface area contributed by atoms with E-state index in [2.05, 4.69) is 9.97 Å². The van der Waals surface area contributed by atoms with Crippen LogP contribution in [0.1, 0.15) is 9.67 Å². The van der Waals surface area contributed by atoms with E-state index in [0.29, 0.717) is 5.69 Å². The lowest BCUT2D eigenvalue weighted by atomic mass is 10.2. The number of rotatable bonds is 2. The molecule has 0 saturated carbocycles. The highest BCUT2D eigenvalue weighted by atomic mass is 32.1. The van der Waals surface area contributed by atoms with Crippen LogP contribution in [0.15, 0.2) is 30.6 Å². The zero-order chi connectivity index (χ0) is 12.7. The Labute approximate surface area is 106 Å². The molecule has 0 bridgehead atoms. The lowest BCUT2D eigenvalue weighted by Crippen LogP contribution is -1.96. The Hall–Kier alpha value is -2.34. The van der Waals surface area contributed by atoms with Gasteiger partial charge in [0.2, 0.25) is 0 Å². The van der Waals surface area contributed by atoms with Crippen LogP contribution in [0, 0.1) is 0 Å². The lowest BCUT2D eigenvalue weighted by Gasteiger charge is -1.93. The smallest absolute Gasteiger partial charge is 0.348 e. The van der Waals surface area contributed by atoms with Gasteiger partial charge in [-0.15, -0.1) is 11.3 Å². The van der Waals surface area contributed by atoms with E-state index >= 15 is 0 Å². The molecular formula is C12H9N3O2S. The molecule has 3 aromatic heterocycles. The molecule has 6 heteroatoms. The topological polar surface area (TPSA) is 92.0 Å². The second-order valence-corrected chi connectivity index (χ2v) is 4.85. The van der Waals surface area contributed by atoms with E-state index in [-0.39, 0.29) is 4.88 Å². The summed E-state index contributed by atoms with van der Waals surface area (Å²) in [6, 6.07) is 5.46. The molecule has 3 rings (SSSR count). The molecule has 3 aromatic rings. The summed E-state index contributed by atoms with van der Waals surface area (Å²) in [5, 5.41) is 9.95. The molecule has 0 aliphatic carbocycles. The fourth-order valence-electron chi connectivity index (χ4n) is 1.86. The van der Waals surface area contributed by atoms with E-state index in [4.69, 9.17) is 10.8 Å². The lowest BCUT2D eigenvalue weighted by molar-refractivity contribution is 0.0703. The van der Waals surface area contributed by atoms with Gasteiger partial charge in [-0.25, -0.2) is 9.78 Å². The second kappa shape index (κ2) is 3.85. The van der Waals surface area contributed by atoms with Crippen LogP contribution in [-0.2, 0) is 0 Å². The fraction of sp³-hybridized carbons (Fsp3) is 0. The summed E-state index contributed by atoms with van der Waals surface area (Å²) in [5.41, 5.74) is 7.68. The molecule has 0 fully saturated rings. The molecular weight excluding hydrogens is 250 g/mol. The Bertz CT molecular complexity index is 745. The van der Waals surface area contributed by atoms with Crippen molar-refractivity contribution in [2.75, 3.05) is 5.73 Å². The minimum atomic E-state index is -0.998. The van der Waals surface area contributed by atoms with Crippen molar-refractivity contribution < 1.29 is 9.90 Å². The molecule has 0 atom stereocenters. The summed E-state index contributed by atoms with van der Waals surface area (Å²) in [6.45, 7) is 0. The van der Waals surface area contributed by atoms with E-state index in [1.54, 1.807) is 12.3 Å². The van der Waals surface area contributed by atoms with Crippen LogP contribution in [0.2, 0.25) is 0 Å². The minimum absolute atomic E-state index is 0.170. The molecule has 90 valence electrons. The Balaban J connectivity index is 2.20. The second-order valence-electron chi connectivity index (χ2n) is 3.80. The quantitative estimate of drug-likeness (QED) is 0.659. The van der Waals surface area contributed by atoms with Crippen LogP contribution in [0.5, 0.6) is 0 Å². The number of hydrogen-bond acceptors (Lipinski definition) is 4. The van der Waals surface area contributed by atoms with Gasteiger partial charge in [0.05, 0.1) is 5.69 Å². The Kier molecular flexibility index (Phi) is 2.31. The summed E-state index contributed by atoms with van der Waals surface area (Å²) in [6.07, 6.45) is 3.52. The van der Waals surface area contributed by atoms with E-state index in [1.165, 1.54) is 11.3 Å². The zero-order valence-electron chi connectivity index (χ0n) is 9.18. The third-order valence-corrected chi connectivity index (χ3v) is 3.84. The first-order chi connectivity index (χ1) is 8.66. The maximum atomic E-state index is 11.0. The maximum Gasteiger partial charge on any atom is 0.348 e. The van der Waals surface area contributed by atoms with Crippen molar-refractivity contribution in [1.82, 2.24) is 9.97 Å². The van der Waals surface area contributed by atoms with E-state index in [9.17, 15) is 4.79 Å². The number of carboxylic acids is 1. The summed E-state index contributed by atoms with van der Waals surface area (Å²) < 4.78 is 0. The number of thiophene rings is 1. The first kappa shape index (κ1) is 10.8. The van der Waals surface area contributed by atoms with Crippen LogP contribution in [-0.4, -0.2) is 21.0 Å². The number of carboxylic acid groups (broad SMARTS) is 1. The van der Waals surface area contributed by atoms with Gasteiger partial charge in [0.25, 0.3) is 0 Å². The van der Waals surface area contributed by atoms with Crippen molar-refractivity contribution in [1.29, 1.82) is 0 Å². The average Bonchev–Trinajstić information content (AvgIpc) is 2.92. The predicted octanol–water partition coefficient (Wildman–Crippen LogP) is 2.57. The molecule has 0 aliphatic heterocycles. The summed E-state index contributed by atoms with van der Waals surface area (Å²) in [5.74, 6) is -0.998. The number of carbonyl (C=O) groups is 1. The van der Waals surface area contributed by atoms with Gasteiger partial charge >= 0.3 is 5.97 Å². The molecule has 0 radical (unpaired) electrons. The third kappa shape index (κ3) is 1.54. The van der Waals surface area contributed by atoms with Crippen LogP contribution in [0.3, 0.4) is 0 Å². The van der Waals surface area contributed by atoms with Gasteiger partial charge in [0.1, 0.15) is 10.5 Å². The number of nitrogens with zero attached hydrogens (tertiary/aromatic N) is 1. The number of hydrogen-bond donors (Lipinski definition) is 3. The molecule has 0 unspecified atom stereocenters. The Morgan fingerprint density at radius 1 is 1.50 bits per heavy atom. The molecule has 0 amide bonds. The van der Waals surface area contributed by atoms with Crippen molar-refractivity contribution in [3.63, 3.8) is 0 Å². The van der Waals surface area contributed by atoms with Gasteiger partial charge < -0.3 is 15.8 Å². The standard InChI is InChI=1S/C12H9N3O2S/c13-8-4-9(18-10(8)12(16)17)7-5-15-11-6(7)2-1-3-14-11/h1-5H,13H2,(H,14,15)(H,16,17). The van der Waals surface area contributed by atoms with Crippen LogP contribution < -0.4 is 5.73 Å². The first-order valence-electron chi connectivity index (χ1n) is 5.22. The fourth-order valence-corrected chi connectivity index (χ4v) is 2.81. The predicted molar refractivity (Wildman–Crippen MR) is 70.8 cm³/mol. The number of aromatic carboxylic acids is 1. The Morgan fingerprint density at radius 3 is 3.06 bits per heavy atom. The normalized spacial score (nSPS) is 10.9. The molecule has 0 aliphatic rings. The Morgan fingerprint density at radius 2 is 2.33 bits per heavy atom. The van der Waals surface area contributed by atoms with Crippen molar-refractivity contribution in [3.8, 4) is 10.4 Å². The first-order valence-corrected chi connectivity index (χ1v) is 6.03. The number of nitrogens with one attached hydrogen (secondary N) is 1. The maximum absolute atomic E-state index is 11.0. The zero-order valence-corrected chi connectivity index (χ0v) is 9.99. The monoisotopic (exact) mass is 259 g/mol. The summed E-state index contributed by atoms with van der Waals surface area (Å²) in [7, 11) is 0. The number of nitrogen functional groups attached to an aromatic ring is 1. The summed E-state index contributed by atoms with van der Waals surface area (Å²) >= 11 is 1.17. The minimum Gasteiger partial charge on any atom is -0.477 e. The van der Waals surface area contributed by atoms with Crippen LogP contribution in [0.25, 0.3) is 21.5 Å². The molecule has 18 heavy (non-hydrogen) atoms. The van der Waals surface area contributed by atoms with Crippen molar-refractivity contribution in [2.24, 2.45) is 0 Å². The van der Waals surface area contributed by atoms with E-state index in [0.717, 1.165) is 21.5 Å². The molecule has 0 spiro atoms.